The number of carbonyl (C=O) groups is 2. The second-order valence-electron chi connectivity index (χ2n) is 16.4. The van der Waals surface area contributed by atoms with Gasteiger partial charge in [0.25, 0.3) is 10.1 Å². The number of hydrogen-bond acceptors (Lipinski definition) is 11. The molecule has 13 heteroatoms. The molecule has 338 valence electrons. The molecule has 1 saturated heterocycles. The molecule has 0 aromatic heterocycles. The summed E-state index contributed by atoms with van der Waals surface area (Å²) in [7, 11) is -4.59. The van der Waals surface area contributed by atoms with E-state index >= 15 is 0 Å². The van der Waals surface area contributed by atoms with E-state index in [0.717, 1.165) is 44.9 Å². The smallest absolute Gasteiger partial charge is 0.305 e. The molecular formula is C44H84O12S. The average Bonchev–Trinajstić information content (AvgIpc) is 3.17. The van der Waals surface area contributed by atoms with Crippen LogP contribution in [0.4, 0.5) is 0 Å². The van der Waals surface area contributed by atoms with Crippen LogP contribution in [0.2, 0.25) is 0 Å². The highest BCUT2D eigenvalue weighted by molar-refractivity contribution is 7.85. The second-order valence-corrected chi connectivity index (χ2v) is 17.9. The summed E-state index contributed by atoms with van der Waals surface area (Å²) >= 11 is 0. The fourth-order valence-corrected chi connectivity index (χ4v) is 7.96. The fourth-order valence-electron chi connectivity index (χ4n) is 7.27. The van der Waals surface area contributed by atoms with Crippen molar-refractivity contribution < 1.29 is 56.8 Å². The van der Waals surface area contributed by atoms with Gasteiger partial charge in [-0.2, -0.15) is 8.42 Å². The molecule has 12 nitrogen and oxygen atoms in total. The van der Waals surface area contributed by atoms with Crippen LogP contribution >= 0.6 is 0 Å². The Kier molecular flexibility index (Phi) is 33.6. The Hall–Kier alpha value is -1.19. The summed E-state index contributed by atoms with van der Waals surface area (Å²) in [6.07, 6.45) is 25.2. The Balaban J connectivity index is 2.42. The summed E-state index contributed by atoms with van der Waals surface area (Å²) in [5, 5.41) is 30.9. The lowest BCUT2D eigenvalue weighted by atomic mass is 10.00. The number of aliphatic hydroxyl groups excluding tert-OH is 3. The summed E-state index contributed by atoms with van der Waals surface area (Å²) in [4.78, 5) is 25.3. The molecule has 6 atom stereocenters. The van der Waals surface area contributed by atoms with Gasteiger partial charge >= 0.3 is 5.97 Å². The lowest BCUT2D eigenvalue weighted by Crippen LogP contribution is -2.60. The first-order valence-electron chi connectivity index (χ1n) is 23.0. The first-order valence-corrected chi connectivity index (χ1v) is 24.6. The third-order valence-electron chi connectivity index (χ3n) is 10.9. The largest absolute Gasteiger partial charge is 0.463 e. The lowest BCUT2D eigenvalue weighted by molar-refractivity contribution is -0.297. The van der Waals surface area contributed by atoms with Gasteiger partial charge in [0.2, 0.25) is 0 Å². The number of carbonyl (C=O) groups excluding carboxylic acids is 2. The van der Waals surface area contributed by atoms with Gasteiger partial charge in [-0.3, -0.25) is 14.1 Å². The van der Waals surface area contributed by atoms with E-state index in [1.165, 1.54) is 128 Å². The van der Waals surface area contributed by atoms with Crippen LogP contribution in [-0.2, 0) is 38.7 Å². The number of hydrogen-bond donors (Lipinski definition) is 4. The summed E-state index contributed by atoms with van der Waals surface area (Å²) in [6.45, 7) is 3.69. The van der Waals surface area contributed by atoms with Crippen LogP contribution in [0.15, 0.2) is 0 Å². The van der Waals surface area contributed by atoms with E-state index < -0.39 is 58.7 Å². The molecule has 0 aliphatic carbocycles. The Morgan fingerprint density at radius 2 is 0.965 bits per heavy atom. The molecule has 0 spiro atoms. The lowest BCUT2D eigenvalue weighted by Gasteiger charge is -2.40. The van der Waals surface area contributed by atoms with E-state index in [1.807, 2.05) is 0 Å². The molecule has 0 saturated carbocycles. The van der Waals surface area contributed by atoms with Crippen molar-refractivity contribution in [2.75, 3.05) is 25.6 Å². The maximum Gasteiger partial charge on any atom is 0.305 e. The summed E-state index contributed by atoms with van der Waals surface area (Å²) in [5.74, 6) is -1.53. The van der Waals surface area contributed by atoms with E-state index in [-0.39, 0.29) is 32.0 Å². The van der Waals surface area contributed by atoms with Crippen molar-refractivity contribution in [1.29, 1.82) is 0 Å². The van der Waals surface area contributed by atoms with Gasteiger partial charge in [-0.15, -0.1) is 0 Å². The van der Waals surface area contributed by atoms with Gasteiger partial charge in [-0.25, -0.2) is 0 Å². The van der Waals surface area contributed by atoms with E-state index in [9.17, 15) is 37.9 Å². The minimum atomic E-state index is -4.59. The van der Waals surface area contributed by atoms with Gasteiger partial charge < -0.3 is 34.3 Å². The van der Waals surface area contributed by atoms with E-state index in [0.29, 0.717) is 12.8 Å². The molecule has 0 aromatic carbocycles. The minimum absolute atomic E-state index is 0.104. The molecule has 0 amide bonds. The molecule has 4 N–H and O–H groups in total. The van der Waals surface area contributed by atoms with E-state index in [1.54, 1.807) is 0 Å². The van der Waals surface area contributed by atoms with E-state index in [2.05, 4.69) is 13.8 Å². The van der Waals surface area contributed by atoms with Crippen LogP contribution in [0.1, 0.15) is 206 Å². The predicted octanol–water partition coefficient (Wildman–Crippen LogP) is 8.94. The number of rotatable bonds is 40. The highest BCUT2D eigenvalue weighted by Crippen LogP contribution is 2.24. The van der Waals surface area contributed by atoms with Crippen molar-refractivity contribution in [1.82, 2.24) is 0 Å². The fraction of sp³-hybridized carbons (Fsp3) is 0.955. The molecule has 1 fully saturated rings. The summed E-state index contributed by atoms with van der Waals surface area (Å²) < 4.78 is 54.3. The zero-order valence-corrected chi connectivity index (χ0v) is 36.8. The van der Waals surface area contributed by atoms with Crippen molar-refractivity contribution in [2.45, 2.75) is 243 Å². The molecule has 1 heterocycles. The number of ether oxygens (including phenoxy) is 4. The van der Waals surface area contributed by atoms with Gasteiger partial charge in [-0.1, -0.05) is 181 Å². The van der Waals surface area contributed by atoms with Crippen LogP contribution < -0.4 is 0 Å². The quantitative estimate of drug-likeness (QED) is 0.0261. The standard InChI is InChI=1S/C44H84O12S/c1-3-5-7-9-11-13-15-17-18-20-22-24-26-28-30-32-40(46)54-34-38(35-55-44-43(49)42(48)41(47)39(56-44)36-57(50,51)52)53-33-37(45)31-29-27-25-23-21-19-16-14-12-10-8-6-4-2/h38-39,41-44,47-49H,3-36H2,1-2H3,(H,50,51,52)/t38-,39-,41-,42+,43-,44?/m1/s1. The highest BCUT2D eigenvalue weighted by Gasteiger charge is 2.45. The first-order chi connectivity index (χ1) is 27.5. The Morgan fingerprint density at radius 3 is 1.39 bits per heavy atom. The summed E-state index contributed by atoms with van der Waals surface area (Å²) in [5.41, 5.74) is 0. The third kappa shape index (κ3) is 30.5. The van der Waals surface area contributed by atoms with Crippen molar-refractivity contribution in [2.24, 2.45) is 0 Å². The molecule has 1 rings (SSSR count). The molecule has 1 aliphatic heterocycles. The van der Waals surface area contributed by atoms with Crippen LogP contribution in [0.3, 0.4) is 0 Å². The number of Topliss-reactive ketones (excluding diaryl/α,β-unsaturated/α-hetero) is 1. The van der Waals surface area contributed by atoms with Gasteiger partial charge in [-0.05, 0) is 12.8 Å². The predicted molar refractivity (Wildman–Crippen MR) is 225 cm³/mol. The molecular weight excluding hydrogens is 753 g/mol. The van der Waals surface area contributed by atoms with Crippen molar-refractivity contribution in [3.63, 3.8) is 0 Å². The normalized spacial score (nSPS) is 20.5. The highest BCUT2D eigenvalue weighted by atomic mass is 32.2. The Labute approximate surface area is 346 Å². The summed E-state index contributed by atoms with van der Waals surface area (Å²) in [6, 6.07) is 0. The Morgan fingerprint density at radius 1 is 0.561 bits per heavy atom. The molecule has 0 bridgehead atoms. The number of ketones is 1. The van der Waals surface area contributed by atoms with Gasteiger partial charge in [0.05, 0.1) is 6.61 Å². The van der Waals surface area contributed by atoms with Crippen molar-refractivity contribution in [3.05, 3.63) is 0 Å². The van der Waals surface area contributed by atoms with Gasteiger partial charge in [0.1, 0.15) is 49.5 Å². The zero-order valence-electron chi connectivity index (χ0n) is 36.0. The second kappa shape index (κ2) is 35.6. The monoisotopic (exact) mass is 837 g/mol. The Bertz CT molecular complexity index is 1070. The number of unbranched alkanes of at least 4 members (excludes halogenated alkanes) is 26. The molecule has 57 heavy (non-hydrogen) atoms. The molecule has 0 radical (unpaired) electrons. The third-order valence-corrected chi connectivity index (χ3v) is 11.7. The molecule has 1 unspecified atom stereocenters. The van der Waals surface area contributed by atoms with Crippen LogP contribution in [0, 0.1) is 0 Å². The number of aliphatic hydroxyl groups is 3. The maximum absolute atomic E-state index is 12.7. The maximum atomic E-state index is 12.7. The van der Waals surface area contributed by atoms with E-state index in [4.69, 9.17) is 18.9 Å². The zero-order chi connectivity index (χ0) is 42.0. The van der Waals surface area contributed by atoms with Crippen LogP contribution in [0.5, 0.6) is 0 Å². The first kappa shape index (κ1) is 53.8. The van der Waals surface area contributed by atoms with Crippen LogP contribution in [0.25, 0.3) is 0 Å². The van der Waals surface area contributed by atoms with Gasteiger partial charge in [0.15, 0.2) is 12.1 Å². The topological polar surface area (TPSA) is 186 Å². The van der Waals surface area contributed by atoms with Crippen molar-refractivity contribution >= 4 is 21.9 Å². The van der Waals surface area contributed by atoms with Gasteiger partial charge in [0, 0.05) is 12.8 Å². The molecule has 0 aromatic rings. The SMILES string of the molecule is CCCCCCCCCCCCCCCCCC(=O)OC[C@H](COC1O[C@H](CS(=O)(=O)O)[C@@H](O)[C@H](O)[C@H]1O)OCC(=O)CCCCCCCCCCCCCCC. The number of esters is 1. The van der Waals surface area contributed by atoms with Crippen molar-refractivity contribution in [3.8, 4) is 0 Å². The van der Waals surface area contributed by atoms with Crippen LogP contribution in [-0.4, -0.2) is 102 Å². The molecule has 1 aliphatic rings. The minimum Gasteiger partial charge on any atom is -0.463 e. The average molecular weight is 837 g/mol.